The third-order valence-electron chi connectivity index (χ3n) is 5.23. The second-order valence-corrected chi connectivity index (χ2v) is 8.95. The van der Waals surface area contributed by atoms with Crippen LogP contribution in [0.2, 0.25) is 0 Å². The third-order valence-corrected chi connectivity index (χ3v) is 5.70. The maximum absolute atomic E-state index is 13.2. The lowest BCUT2D eigenvalue weighted by Gasteiger charge is -2.29. The predicted molar refractivity (Wildman–Crippen MR) is 136 cm³/mol. The maximum Gasteiger partial charge on any atom is 0.282 e. The van der Waals surface area contributed by atoms with Crippen LogP contribution in [-0.4, -0.2) is 27.3 Å². The van der Waals surface area contributed by atoms with Gasteiger partial charge in [-0.1, -0.05) is 25.5 Å². The summed E-state index contributed by atoms with van der Waals surface area (Å²) in [7, 11) is 0. The highest BCUT2D eigenvalue weighted by molar-refractivity contribution is 9.10. The Hall–Kier alpha value is -3.79. The number of para-hydroxylation sites is 1. The molecule has 0 aliphatic heterocycles. The average molecular weight is 541 g/mol. The van der Waals surface area contributed by atoms with Crippen LogP contribution in [0.25, 0.3) is 0 Å². The van der Waals surface area contributed by atoms with Gasteiger partial charge in [-0.15, -0.1) is 0 Å². The van der Waals surface area contributed by atoms with Crippen LogP contribution in [0.1, 0.15) is 37.8 Å². The molecule has 0 spiro atoms. The molecule has 1 atom stereocenters. The fourth-order valence-corrected chi connectivity index (χ4v) is 3.67. The van der Waals surface area contributed by atoms with E-state index in [0.717, 1.165) is 10.0 Å². The van der Waals surface area contributed by atoms with E-state index in [0.29, 0.717) is 30.2 Å². The molecular formula is C25H25BrN4O5. The molecule has 3 aromatic rings. The first kappa shape index (κ1) is 25.8. The molecule has 1 unspecified atom stereocenters. The van der Waals surface area contributed by atoms with Crippen molar-refractivity contribution in [3.05, 3.63) is 86.5 Å². The number of aryl methyl sites for hydroxylation is 1. The van der Waals surface area contributed by atoms with E-state index in [1.54, 1.807) is 43.5 Å². The summed E-state index contributed by atoms with van der Waals surface area (Å²) in [4.78, 5) is 28.2. The Morgan fingerprint density at radius 3 is 2.60 bits per heavy atom. The molecule has 0 radical (unpaired) electrons. The van der Waals surface area contributed by atoms with Gasteiger partial charge in [0.2, 0.25) is 11.8 Å². The number of carbonyl (C=O) groups excluding carboxylic acids is 1. The molecule has 1 amide bonds. The number of hydrogen-bond acceptors (Lipinski definition) is 7. The first-order chi connectivity index (χ1) is 16.6. The van der Waals surface area contributed by atoms with Gasteiger partial charge in [0.25, 0.3) is 11.6 Å². The van der Waals surface area contributed by atoms with Crippen molar-refractivity contribution in [2.45, 2.75) is 39.2 Å². The SMILES string of the molecule is CCCC(C)(OC(=N)c1ccccc1[N+](=O)[O-])C(=O)Nc1ccc(Oc2ccc(Br)cn2)c(C)c1. The van der Waals surface area contributed by atoms with E-state index >= 15 is 0 Å². The topological polar surface area (TPSA) is 127 Å². The van der Waals surface area contributed by atoms with Gasteiger partial charge in [-0.3, -0.25) is 20.3 Å². The number of ether oxygens (including phenoxy) is 2. The summed E-state index contributed by atoms with van der Waals surface area (Å²) in [5.74, 6) is 0.115. The highest BCUT2D eigenvalue weighted by atomic mass is 79.9. The van der Waals surface area contributed by atoms with Gasteiger partial charge in [-0.05, 0) is 72.1 Å². The van der Waals surface area contributed by atoms with Gasteiger partial charge in [0, 0.05) is 28.5 Å². The van der Waals surface area contributed by atoms with Gasteiger partial charge in [-0.25, -0.2) is 4.98 Å². The Morgan fingerprint density at radius 2 is 1.97 bits per heavy atom. The van der Waals surface area contributed by atoms with Gasteiger partial charge in [0.05, 0.1) is 4.92 Å². The van der Waals surface area contributed by atoms with Crippen molar-refractivity contribution in [3.8, 4) is 11.6 Å². The minimum absolute atomic E-state index is 0.00604. The highest BCUT2D eigenvalue weighted by Gasteiger charge is 2.37. The van der Waals surface area contributed by atoms with Crippen molar-refractivity contribution in [1.82, 2.24) is 4.98 Å². The summed E-state index contributed by atoms with van der Waals surface area (Å²) in [6.45, 7) is 5.30. The molecule has 1 aromatic heterocycles. The zero-order chi connectivity index (χ0) is 25.6. The maximum atomic E-state index is 13.2. The highest BCUT2D eigenvalue weighted by Crippen LogP contribution is 2.29. The van der Waals surface area contributed by atoms with Crippen molar-refractivity contribution >= 4 is 39.1 Å². The van der Waals surface area contributed by atoms with Gasteiger partial charge < -0.3 is 14.8 Å². The quantitative estimate of drug-likeness (QED) is 0.140. The second-order valence-electron chi connectivity index (χ2n) is 8.04. The Morgan fingerprint density at radius 1 is 1.23 bits per heavy atom. The van der Waals surface area contributed by atoms with Crippen LogP contribution in [0, 0.1) is 22.4 Å². The second kappa shape index (κ2) is 11.1. The summed E-state index contributed by atoms with van der Waals surface area (Å²) in [6.07, 6.45) is 2.53. The van der Waals surface area contributed by atoms with Crippen LogP contribution in [0.3, 0.4) is 0 Å². The first-order valence-electron chi connectivity index (χ1n) is 10.9. The lowest BCUT2D eigenvalue weighted by Crippen LogP contribution is -2.44. The van der Waals surface area contributed by atoms with Crippen LogP contribution in [-0.2, 0) is 9.53 Å². The molecule has 0 saturated heterocycles. The molecule has 0 aliphatic carbocycles. The number of carbonyl (C=O) groups is 1. The summed E-state index contributed by atoms with van der Waals surface area (Å²) in [5, 5.41) is 22.5. The molecule has 9 nitrogen and oxygen atoms in total. The van der Waals surface area contributed by atoms with Crippen LogP contribution in [0.5, 0.6) is 11.6 Å². The number of rotatable bonds is 9. The average Bonchev–Trinajstić information content (AvgIpc) is 2.82. The molecule has 0 fully saturated rings. The molecular weight excluding hydrogens is 516 g/mol. The molecule has 0 aliphatic rings. The van der Waals surface area contributed by atoms with Crippen molar-refractivity contribution in [3.63, 3.8) is 0 Å². The molecule has 2 aromatic carbocycles. The smallest absolute Gasteiger partial charge is 0.282 e. The number of nitrogens with one attached hydrogen (secondary N) is 2. The molecule has 10 heteroatoms. The first-order valence-corrected chi connectivity index (χ1v) is 11.6. The Bertz CT molecular complexity index is 1250. The van der Waals surface area contributed by atoms with E-state index in [-0.39, 0.29) is 11.3 Å². The molecule has 35 heavy (non-hydrogen) atoms. The van der Waals surface area contributed by atoms with E-state index in [9.17, 15) is 14.9 Å². The number of pyridine rings is 1. The van der Waals surface area contributed by atoms with Crippen molar-refractivity contribution in [1.29, 1.82) is 5.41 Å². The normalized spacial score (nSPS) is 12.3. The van der Waals surface area contributed by atoms with E-state index in [1.165, 1.54) is 18.2 Å². The number of hydrogen-bond donors (Lipinski definition) is 2. The molecule has 3 rings (SSSR count). The van der Waals surface area contributed by atoms with Crippen LogP contribution in [0.4, 0.5) is 11.4 Å². The number of amides is 1. The van der Waals surface area contributed by atoms with E-state index in [2.05, 4.69) is 26.2 Å². The summed E-state index contributed by atoms with van der Waals surface area (Å²) in [6, 6.07) is 14.5. The Kier molecular flexibility index (Phi) is 8.18. The fourth-order valence-electron chi connectivity index (χ4n) is 3.43. The van der Waals surface area contributed by atoms with Crippen LogP contribution < -0.4 is 10.1 Å². The molecule has 0 saturated carbocycles. The molecule has 0 bridgehead atoms. The van der Waals surface area contributed by atoms with E-state index < -0.39 is 22.3 Å². The standard InChI is InChI=1S/C25H25BrN4O5/c1-4-13-25(3,35-23(27)19-7-5-6-8-20(19)30(32)33)24(31)29-18-10-11-21(16(2)14-18)34-22-12-9-17(26)15-28-22/h5-12,14-15,27H,4,13H2,1-3H3,(H,29,31). The van der Waals surface area contributed by atoms with Crippen molar-refractivity contribution < 1.29 is 19.2 Å². The van der Waals surface area contributed by atoms with E-state index in [1.807, 2.05) is 19.9 Å². The van der Waals surface area contributed by atoms with Crippen LogP contribution in [0.15, 0.2) is 65.3 Å². The Labute approximate surface area is 211 Å². The number of nitrogens with zero attached hydrogens (tertiary/aromatic N) is 2. The van der Waals surface area contributed by atoms with Gasteiger partial charge in [-0.2, -0.15) is 0 Å². The van der Waals surface area contributed by atoms with Crippen LogP contribution >= 0.6 is 15.9 Å². The molecule has 1 heterocycles. The molecule has 182 valence electrons. The number of anilines is 1. The number of nitro groups is 1. The zero-order valence-electron chi connectivity index (χ0n) is 19.5. The van der Waals surface area contributed by atoms with Gasteiger partial charge in [0.15, 0.2) is 5.60 Å². The van der Waals surface area contributed by atoms with Crippen molar-refractivity contribution in [2.24, 2.45) is 0 Å². The number of nitro benzene ring substituents is 1. The summed E-state index contributed by atoms with van der Waals surface area (Å²) < 4.78 is 12.4. The Balaban J connectivity index is 1.76. The summed E-state index contributed by atoms with van der Waals surface area (Å²) in [5.41, 5.74) is -0.375. The van der Waals surface area contributed by atoms with Crippen molar-refractivity contribution in [2.75, 3.05) is 5.32 Å². The zero-order valence-corrected chi connectivity index (χ0v) is 21.1. The number of benzene rings is 2. The predicted octanol–water partition coefficient (Wildman–Crippen LogP) is 6.39. The number of aromatic nitrogens is 1. The molecule has 2 N–H and O–H groups in total. The van der Waals surface area contributed by atoms with E-state index in [4.69, 9.17) is 14.9 Å². The van der Waals surface area contributed by atoms with Gasteiger partial charge >= 0.3 is 0 Å². The number of halogens is 1. The minimum Gasteiger partial charge on any atom is -0.461 e. The van der Waals surface area contributed by atoms with Gasteiger partial charge in [0.1, 0.15) is 11.3 Å². The monoisotopic (exact) mass is 540 g/mol. The largest absolute Gasteiger partial charge is 0.461 e. The third kappa shape index (κ3) is 6.42. The lowest BCUT2D eigenvalue weighted by atomic mass is 9.98. The minimum atomic E-state index is -1.42. The summed E-state index contributed by atoms with van der Waals surface area (Å²) >= 11 is 3.33. The fraction of sp³-hybridized carbons (Fsp3) is 0.240. The lowest BCUT2D eigenvalue weighted by molar-refractivity contribution is -0.385.